The van der Waals surface area contributed by atoms with E-state index in [1.165, 1.54) is 17.0 Å². The summed E-state index contributed by atoms with van der Waals surface area (Å²) in [5, 5.41) is 7.90. The second kappa shape index (κ2) is 11.5. The molecule has 2 aromatic carbocycles. The van der Waals surface area contributed by atoms with Crippen LogP contribution in [-0.2, 0) is 11.2 Å². The molecule has 1 saturated heterocycles. The molecule has 0 bridgehead atoms. The molecule has 4 heterocycles. The first kappa shape index (κ1) is 26.6. The van der Waals surface area contributed by atoms with Crippen LogP contribution in [0.4, 0.5) is 4.39 Å². The maximum absolute atomic E-state index is 15.2. The Kier molecular flexibility index (Phi) is 7.30. The van der Waals surface area contributed by atoms with E-state index in [0.717, 1.165) is 11.1 Å². The van der Waals surface area contributed by atoms with Crippen molar-refractivity contribution in [3.63, 3.8) is 0 Å². The van der Waals surface area contributed by atoms with E-state index < -0.39 is 11.7 Å². The van der Waals surface area contributed by atoms with Gasteiger partial charge in [-0.05, 0) is 71.3 Å². The molecule has 0 saturated carbocycles. The number of benzene rings is 2. The van der Waals surface area contributed by atoms with E-state index in [9.17, 15) is 14.4 Å². The van der Waals surface area contributed by atoms with Crippen molar-refractivity contribution >= 4 is 34.6 Å². The van der Waals surface area contributed by atoms with Gasteiger partial charge in [0.1, 0.15) is 5.82 Å². The molecule has 1 N–H and O–H groups in total. The molecular weight excluding hydrogens is 533 g/mol. The summed E-state index contributed by atoms with van der Waals surface area (Å²) in [6.45, 7) is 0.0346. The van der Waals surface area contributed by atoms with Crippen LogP contribution in [0.3, 0.4) is 0 Å². The summed E-state index contributed by atoms with van der Waals surface area (Å²) in [5.41, 5.74) is 3.18. The maximum atomic E-state index is 15.2. The number of hydrogen-bond donors (Lipinski definition) is 1. The van der Waals surface area contributed by atoms with Crippen molar-refractivity contribution in [1.29, 1.82) is 0 Å². The highest BCUT2D eigenvalue weighted by Crippen LogP contribution is 2.25. The van der Waals surface area contributed by atoms with Crippen molar-refractivity contribution in [3.8, 4) is 0 Å². The topological polar surface area (TPSA) is 109 Å². The average molecular weight is 558 g/mol. The Hall–Kier alpha value is -5.57. The number of carbonyl (C=O) groups excluding carboxylic acids is 2. The number of piperidine rings is 1. The monoisotopic (exact) mass is 557 g/mol. The molecule has 0 atom stereocenters. The standard InChI is InChI=1S/C33H24FN5O3/c34-29-6-5-23(18-30-26-3-1-2-4-27(26)32(41)38-37-30)17-28(29)33(42)39-19-24(15-21-7-11-35-12-8-21)31(40)25(20-39)16-22-9-13-36-14-10-22/h1-17H,18-20H2,(H,38,41)/b24-15+,25-16+. The second-order valence-corrected chi connectivity index (χ2v) is 9.93. The molecule has 0 spiro atoms. The van der Waals surface area contributed by atoms with E-state index >= 15 is 4.39 Å². The molecule has 3 aromatic heterocycles. The van der Waals surface area contributed by atoms with Crippen LogP contribution >= 0.6 is 0 Å². The zero-order valence-corrected chi connectivity index (χ0v) is 22.3. The number of likely N-dealkylation sites (tertiary alicyclic amines) is 1. The fourth-order valence-corrected chi connectivity index (χ4v) is 5.02. The number of H-pyrrole nitrogens is 1. The molecule has 8 nitrogen and oxygen atoms in total. The van der Waals surface area contributed by atoms with Crippen molar-refractivity contribution in [2.45, 2.75) is 6.42 Å². The van der Waals surface area contributed by atoms with Gasteiger partial charge < -0.3 is 4.90 Å². The molecule has 1 fully saturated rings. The van der Waals surface area contributed by atoms with Gasteiger partial charge in [0.05, 0.1) is 29.7 Å². The molecule has 1 aliphatic rings. The molecule has 0 aliphatic carbocycles. The maximum Gasteiger partial charge on any atom is 0.272 e. The van der Waals surface area contributed by atoms with E-state index in [4.69, 9.17) is 0 Å². The molecule has 1 aliphatic heterocycles. The summed E-state index contributed by atoms with van der Waals surface area (Å²) < 4.78 is 15.2. The lowest BCUT2D eigenvalue weighted by Crippen LogP contribution is -2.42. The third-order valence-corrected chi connectivity index (χ3v) is 7.09. The minimum absolute atomic E-state index is 0.0173. The van der Waals surface area contributed by atoms with Crippen molar-refractivity contribution in [2.75, 3.05) is 13.1 Å². The number of pyridine rings is 2. The van der Waals surface area contributed by atoms with Gasteiger partial charge in [-0.2, -0.15) is 5.10 Å². The van der Waals surface area contributed by atoms with Gasteiger partial charge in [-0.1, -0.05) is 24.3 Å². The van der Waals surface area contributed by atoms with Gasteiger partial charge in [0.2, 0.25) is 0 Å². The predicted octanol–water partition coefficient (Wildman–Crippen LogP) is 4.64. The third kappa shape index (κ3) is 5.53. The van der Waals surface area contributed by atoms with Gasteiger partial charge in [0.25, 0.3) is 11.5 Å². The number of aromatic nitrogens is 4. The first-order valence-corrected chi connectivity index (χ1v) is 13.3. The Balaban J connectivity index is 1.35. The first-order valence-electron chi connectivity index (χ1n) is 13.3. The largest absolute Gasteiger partial charge is 0.330 e. The SMILES string of the molecule is O=C1/C(=C/c2ccncc2)CN(C(=O)c2cc(Cc3n[nH]c(=O)c4ccccc34)ccc2F)C/C1=C\c1ccncc1. The number of fused-ring (bicyclic) bond motifs is 1. The van der Waals surface area contributed by atoms with Crippen LogP contribution in [-0.4, -0.2) is 49.8 Å². The molecule has 206 valence electrons. The van der Waals surface area contributed by atoms with E-state index in [0.29, 0.717) is 33.2 Å². The highest BCUT2D eigenvalue weighted by Gasteiger charge is 2.31. The smallest absolute Gasteiger partial charge is 0.272 e. The zero-order valence-electron chi connectivity index (χ0n) is 22.3. The Bertz CT molecular complexity index is 1870. The van der Waals surface area contributed by atoms with E-state index in [1.807, 2.05) is 6.07 Å². The highest BCUT2D eigenvalue weighted by molar-refractivity contribution is 6.16. The van der Waals surface area contributed by atoms with Crippen LogP contribution in [0.25, 0.3) is 22.9 Å². The third-order valence-electron chi connectivity index (χ3n) is 7.09. The van der Waals surface area contributed by atoms with E-state index in [1.54, 1.807) is 85.5 Å². The van der Waals surface area contributed by atoms with Crippen LogP contribution in [0.1, 0.15) is 32.7 Å². The lowest BCUT2D eigenvalue weighted by Gasteiger charge is -2.30. The number of amides is 1. The molecule has 0 radical (unpaired) electrons. The predicted molar refractivity (Wildman–Crippen MR) is 157 cm³/mol. The Morgan fingerprint density at radius 3 is 2.05 bits per heavy atom. The van der Waals surface area contributed by atoms with Crippen molar-refractivity contribution in [2.24, 2.45) is 0 Å². The lowest BCUT2D eigenvalue weighted by atomic mass is 9.93. The van der Waals surface area contributed by atoms with Crippen molar-refractivity contribution < 1.29 is 14.0 Å². The minimum Gasteiger partial charge on any atom is -0.330 e. The second-order valence-electron chi connectivity index (χ2n) is 9.93. The molecule has 42 heavy (non-hydrogen) atoms. The van der Waals surface area contributed by atoms with Gasteiger partial charge in [-0.15, -0.1) is 0 Å². The fourth-order valence-electron chi connectivity index (χ4n) is 5.02. The minimum atomic E-state index is -0.667. The fraction of sp³-hybridized carbons (Fsp3) is 0.0909. The number of carbonyl (C=O) groups is 2. The average Bonchev–Trinajstić information content (AvgIpc) is 3.02. The van der Waals surface area contributed by atoms with Gasteiger partial charge in [0, 0.05) is 47.7 Å². The summed E-state index contributed by atoms with van der Waals surface area (Å²) in [6.07, 6.45) is 10.2. The summed E-state index contributed by atoms with van der Waals surface area (Å²) in [7, 11) is 0. The van der Waals surface area contributed by atoms with Gasteiger partial charge >= 0.3 is 0 Å². The summed E-state index contributed by atoms with van der Waals surface area (Å²) in [4.78, 5) is 49.0. The number of hydrogen-bond acceptors (Lipinski definition) is 6. The van der Waals surface area contributed by atoms with E-state index in [-0.39, 0.29) is 36.4 Å². The van der Waals surface area contributed by atoms with Crippen LogP contribution in [0.2, 0.25) is 0 Å². The molecule has 6 rings (SSSR count). The molecule has 5 aromatic rings. The summed E-state index contributed by atoms with van der Waals surface area (Å²) >= 11 is 0. The number of ketones is 1. The van der Waals surface area contributed by atoms with Crippen LogP contribution in [0.5, 0.6) is 0 Å². The summed E-state index contributed by atoms with van der Waals surface area (Å²) in [5.74, 6) is -1.39. The van der Waals surface area contributed by atoms with Crippen LogP contribution in [0, 0.1) is 5.82 Å². The molecule has 1 amide bonds. The van der Waals surface area contributed by atoms with Crippen LogP contribution in [0.15, 0.2) is 107 Å². The number of Topliss-reactive ketones (excluding diaryl/α,β-unsaturated/α-hetero) is 1. The number of nitrogens with zero attached hydrogens (tertiary/aromatic N) is 4. The number of halogens is 1. The number of nitrogens with one attached hydrogen (secondary N) is 1. The highest BCUT2D eigenvalue weighted by atomic mass is 19.1. The van der Waals surface area contributed by atoms with Gasteiger partial charge in [-0.25, -0.2) is 9.49 Å². The normalized spacial score (nSPS) is 15.5. The Morgan fingerprint density at radius 1 is 0.833 bits per heavy atom. The van der Waals surface area contributed by atoms with Crippen molar-refractivity contribution in [3.05, 3.63) is 147 Å². The number of aromatic amines is 1. The molecular formula is C33H24FN5O3. The summed E-state index contributed by atoms with van der Waals surface area (Å²) in [6, 6.07) is 18.5. The van der Waals surface area contributed by atoms with E-state index in [2.05, 4.69) is 20.2 Å². The van der Waals surface area contributed by atoms with Crippen LogP contribution < -0.4 is 5.56 Å². The Labute approximate surface area is 239 Å². The van der Waals surface area contributed by atoms with Crippen molar-refractivity contribution in [1.82, 2.24) is 25.1 Å². The lowest BCUT2D eigenvalue weighted by molar-refractivity contribution is -0.113. The molecule has 9 heteroatoms. The van der Waals surface area contributed by atoms with Gasteiger partial charge in [-0.3, -0.25) is 24.4 Å². The van der Waals surface area contributed by atoms with Gasteiger partial charge in [0.15, 0.2) is 5.78 Å². The molecule has 0 unspecified atom stereocenters. The quantitative estimate of drug-likeness (QED) is 0.316. The Morgan fingerprint density at radius 2 is 1.43 bits per heavy atom. The first-order chi connectivity index (χ1) is 20.5. The zero-order chi connectivity index (χ0) is 29.1. The number of rotatable bonds is 5.